The molecule has 2 nitrogen and oxygen atoms in total. The van der Waals surface area contributed by atoms with Crippen molar-refractivity contribution in [3.8, 4) is 0 Å². The van der Waals surface area contributed by atoms with Crippen LogP contribution in [0.4, 0.5) is 0 Å². The summed E-state index contributed by atoms with van der Waals surface area (Å²) in [5.41, 5.74) is 2.85. The predicted molar refractivity (Wildman–Crippen MR) is 105 cm³/mol. The van der Waals surface area contributed by atoms with Crippen molar-refractivity contribution in [2.24, 2.45) is 5.92 Å². The van der Waals surface area contributed by atoms with Crippen molar-refractivity contribution in [2.45, 2.75) is 90.4 Å². The summed E-state index contributed by atoms with van der Waals surface area (Å²) in [5, 5.41) is 0. The monoisotopic (exact) mass is 344 g/mol. The minimum absolute atomic E-state index is 0.0742. The molecule has 0 atom stereocenters. The van der Waals surface area contributed by atoms with E-state index in [1.54, 1.807) is 0 Å². The Bertz CT molecular complexity index is 483. The summed E-state index contributed by atoms with van der Waals surface area (Å²) in [6.07, 6.45) is 13.5. The molecule has 0 bridgehead atoms. The lowest BCUT2D eigenvalue weighted by Gasteiger charge is -2.29. The van der Waals surface area contributed by atoms with Gasteiger partial charge in [-0.05, 0) is 68.4 Å². The van der Waals surface area contributed by atoms with Gasteiger partial charge in [-0.2, -0.15) is 0 Å². The molecule has 2 heteroatoms. The number of aryl methyl sites for hydroxylation is 1. The molecule has 0 aliphatic heterocycles. The molecule has 0 heterocycles. The topological polar surface area (TPSA) is 26.3 Å². The lowest BCUT2D eigenvalue weighted by Crippen LogP contribution is -2.13. The Balaban J connectivity index is 1.70. The number of unbranched alkanes of at least 4 members (excludes halogenated alkanes) is 2. The molecule has 1 aromatic carbocycles. The molecule has 0 N–H and O–H groups in total. The standard InChI is InChI=1S/C23H36O2/c1-3-5-6-8-19-11-15-21(16-12-19)22-17-13-20(14-18-22)9-7-10-23(24)25-4-2/h13-14,17-19,21H,3-12,15-16H2,1-2H3. The first kappa shape index (κ1) is 20.0. The summed E-state index contributed by atoms with van der Waals surface area (Å²) < 4.78 is 4.98. The second-order valence-electron chi connectivity index (χ2n) is 7.61. The summed E-state index contributed by atoms with van der Waals surface area (Å²) in [7, 11) is 0. The van der Waals surface area contributed by atoms with Crippen molar-refractivity contribution in [2.75, 3.05) is 6.61 Å². The van der Waals surface area contributed by atoms with Crippen LogP contribution >= 0.6 is 0 Å². The van der Waals surface area contributed by atoms with Crippen molar-refractivity contribution in [1.82, 2.24) is 0 Å². The number of rotatable bonds is 10. The van der Waals surface area contributed by atoms with Gasteiger partial charge in [0.2, 0.25) is 0 Å². The molecule has 0 unspecified atom stereocenters. The summed E-state index contributed by atoms with van der Waals surface area (Å²) in [5.74, 6) is 1.66. The molecule has 0 radical (unpaired) electrons. The maximum Gasteiger partial charge on any atom is 0.305 e. The Hall–Kier alpha value is -1.31. The Morgan fingerprint density at radius 1 is 1.00 bits per heavy atom. The third-order valence-corrected chi connectivity index (χ3v) is 5.67. The van der Waals surface area contributed by atoms with Crippen molar-refractivity contribution < 1.29 is 9.53 Å². The molecule has 0 saturated heterocycles. The molecule has 25 heavy (non-hydrogen) atoms. The van der Waals surface area contributed by atoms with Gasteiger partial charge in [0, 0.05) is 6.42 Å². The lowest BCUT2D eigenvalue weighted by atomic mass is 9.77. The molecule has 1 saturated carbocycles. The molecule has 1 fully saturated rings. The van der Waals surface area contributed by atoms with Gasteiger partial charge in [-0.1, -0.05) is 56.9 Å². The second kappa shape index (κ2) is 11.3. The maximum absolute atomic E-state index is 11.4. The zero-order valence-corrected chi connectivity index (χ0v) is 16.3. The van der Waals surface area contributed by atoms with E-state index in [1.807, 2.05) is 6.92 Å². The van der Waals surface area contributed by atoms with Crippen LogP contribution in [0.3, 0.4) is 0 Å². The van der Waals surface area contributed by atoms with Crippen LogP contribution in [0.15, 0.2) is 24.3 Å². The Kier molecular flexibility index (Phi) is 9.07. The largest absolute Gasteiger partial charge is 0.466 e. The highest BCUT2D eigenvalue weighted by molar-refractivity contribution is 5.69. The third kappa shape index (κ3) is 7.22. The minimum Gasteiger partial charge on any atom is -0.466 e. The van der Waals surface area contributed by atoms with E-state index in [1.165, 1.54) is 62.5 Å². The van der Waals surface area contributed by atoms with Gasteiger partial charge in [0.1, 0.15) is 0 Å². The molecule has 0 aromatic heterocycles. The quantitative estimate of drug-likeness (QED) is 0.361. The van der Waals surface area contributed by atoms with Gasteiger partial charge in [-0.3, -0.25) is 4.79 Å². The average molecular weight is 345 g/mol. The normalized spacial score (nSPS) is 20.4. The van der Waals surface area contributed by atoms with E-state index >= 15 is 0 Å². The molecule has 140 valence electrons. The number of carbonyl (C=O) groups excluding carboxylic acids is 1. The van der Waals surface area contributed by atoms with Crippen LogP contribution in [0.1, 0.15) is 95.1 Å². The summed E-state index contributed by atoms with van der Waals surface area (Å²) in [6, 6.07) is 9.16. The maximum atomic E-state index is 11.4. The van der Waals surface area contributed by atoms with E-state index in [2.05, 4.69) is 31.2 Å². The van der Waals surface area contributed by atoms with Crippen LogP contribution in [-0.4, -0.2) is 12.6 Å². The fourth-order valence-corrected chi connectivity index (χ4v) is 4.09. The Labute approximate surface area is 154 Å². The van der Waals surface area contributed by atoms with Gasteiger partial charge >= 0.3 is 5.97 Å². The molecule has 1 aliphatic rings. The van der Waals surface area contributed by atoms with Crippen molar-refractivity contribution in [3.63, 3.8) is 0 Å². The molecular weight excluding hydrogens is 308 g/mol. The number of hydrogen-bond donors (Lipinski definition) is 0. The van der Waals surface area contributed by atoms with Gasteiger partial charge in [0.25, 0.3) is 0 Å². The summed E-state index contributed by atoms with van der Waals surface area (Å²) >= 11 is 0. The van der Waals surface area contributed by atoms with E-state index in [-0.39, 0.29) is 5.97 Å². The zero-order valence-electron chi connectivity index (χ0n) is 16.3. The minimum atomic E-state index is -0.0742. The van der Waals surface area contributed by atoms with E-state index in [4.69, 9.17) is 4.74 Å². The fourth-order valence-electron chi connectivity index (χ4n) is 4.09. The van der Waals surface area contributed by atoms with Crippen molar-refractivity contribution >= 4 is 5.97 Å². The highest BCUT2D eigenvalue weighted by Gasteiger charge is 2.21. The van der Waals surface area contributed by atoms with Crippen LogP contribution < -0.4 is 0 Å². The first-order valence-corrected chi connectivity index (χ1v) is 10.5. The van der Waals surface area contributed by atoms with Gasteiger partial charge in [-0.25, -0.2) is 0 Å². The number of esters is 1. The van der Waals surface area contributed by atoms with Crippen LogP contribution in [0.5, 0.6) is 0 Å². The Morgan fingerprint density at radius 2 is 1.72 bits per heavy atom. The van der Waals surface area contributed by atoms with Crippen LogP contribution in [0.2, 0.25) is 0 Å². The first-order chi connectivity index (χ1) is 12.2. The fraction of sp³-hybridized carbons (Fsp3) is 0.696. The number of ether oxygens (including phenoxy) is 1. The lowest BCUT2D eigenvalue weighted by molar-refractivity contribution is -0.143. The van der Waals surface area contributed by atoms with Crippen LogP contribution in [0, 0.1) is 5.92 Å². The molecule has 1 aromatic rings. The number of hydrogen-bond acceptors (Lipinski definition) is 2. The Morgan fingerprint density at radius 3 is 2.36 bits per heavy atom. The first-order valence-electron chi connectivity index (χ1n) is 10.5. The number of benzene rings is 1. The van der Waals surface area contributed by atoms with E-state index in [0.717, 1.165) is 24.7 Å². The summed E-state index contributed by atoms with van der Waals surface area (Å²) in [4.78, 5) is 11.4. The van der Waals surface area contributed by atoms with Gasteiger partial charge < -0.3 is 4.74 Å². The van der Waals surface area contributed by atoms with Crippen molar-refractivity contribution in [3.05, 3.63) is 35.4 Å². The number of carbonyl (C=O) groups is 1. The molecule has 1 aliphatic carbocycles. The average Bonchev–Trinajstić information content (AvgIpc) is 2.63. The smallest absolute Gasteiger partial charge is 0.305 e. The molecule has 0 amide bonds. The molecular formula is C23H36O2. The van der Waals surface area contributed by atoms with Crippen molar-refractivity contribution in [1.29, 1.82) is 0 Å². The second-order valence-corrected chi connectivity index (χ2v) is 7.61. The van der Waals surface area contributed by atoms with E-state index in [0.29, 0.717) is 13.0 Å². The SMILES string of the molecule is CCCCCC1CCC(c2ccc(CCCC(=O)OCC)cc2)CC1. The van der Waals surface area contributed by atoms with Crippen LogP contribution in [0.25, 0.3) is 0 Å². The van der Waals surface area contributed by atoms with Gasteiger partial charge in [0.15, 0.2) is 0 Å². The highest BCUT2D eigenvalue weighted by atomic mass is 16.5. The van der Waals surface area contributed by atoms with E-state index < -0.39 is 0 Å². The molecule has 2 rings (SSSR count). The summed E-state index contributed by atoms with van der Waals surface area (Å²) in [6.45, 7) is 4.63. The highest BCUT2D eigenvalue weighted by Crippen LogP contribution is 2.37. The third-order valence-electron chi connectivity index (χ3n) is 5.67. The zero-order chi connectivity index (χ0) is 17.9. The van der Waals surface area contributed by atoms with Crippen LogP contribution in [-0.2, 0) is 16.0 Å². The molecule has 0 spiro atoms. The van der Waals surface area contributed by atoms with E-state index in [9.17, 15) is 4.79 Å². The van der Waals surface area contributed by atoms with Gasteiger partial charge in [0.05, 0.1) is 6.61 Å². The predicted octanol–water partition coefficient (Wildman–Crippen LogP) is 6.43. The van der Waals surface area contributed by atoms with Gasteiger partial charge in [-0.15, -0.1) is 0 Å².